The van der Waals surface area contributed by atoms with Crippen molar-refractivity contribution in [2.45, 2.75) is 46.0 Å². The van der Waals surface area contributed by atoms with E-state index in [9.17, 15) is 0 Å². The van der Waals surface area contributed by atoms with Gasteiger partial charge in [-0.05, 0) is 108 Å². The zero-order valence-corrected chi connectivity index (χ0v) is 18.5. The van der Waals surface area contributed by atoms with E-state index in [0.717, 1.165) is 11.1 Å². The van der Waals surface area contributed by atoms with Gasteiger partial charge in [-0.15, -0.1) is 11.8 Å². The lowest BCUT2D eigenvalue weighted by molar-refractivity contribution is 0.421. The summed E-state index contributed by atoms with van der Waals surface area (Å²) < 4.78 is 0. The van der Waals surface area contributed by atoms with Crippen LogP contribution in [0.15, 0.2) is 60.7 Å². The summed E-state index contributed by atoms with van der Waals surface area (Å²) >= 11 is 0. The highest BCUT2D eigenvalue weighted by atomic mass is 14.3. The van der Waals surface area contributed by atoms with Gasteiger partial charge in [0, 0.05) is 11.1 Å². The normalized spacial score (nSPS) is 13.3. The predicted octanol–water partition coefficient (Wildman–Crippen LogP) is 7.98. The van der Waals surface area contributed by atoms with Crippen molar-refractivity contribution in [2.75, 3.05) is 0 Å². The first-order chi connectivity index (χ1) is 15.2. The largest absolute Gasteiger partial charge is 0.101 e. The molecule has 0 unspecified atom stereocenters. The second kappa shape index (κ2) is 7.98. The highest BCUT2D eigenvalue weighted by Gasteiger charge is 2.25. The minimum atomic E-state index is 0.661. The van der Waals surface area contributed by atoms with Gasteiger partial charge in [-0.3, -0.25) is 0 Å². The summed E-state index contributed by atoms with van der Waals surface area (Å²) in [6.45, 7) is 6.03. The molecule has 1 fully saturated rings. The lowest BCUT2D eigenvalue weighted by Gasteiger charge is -2.30. The standard InChI is InChI=1S/C31H26/c1-4-7-22-12-16-28-25(19-22)14-11-21(3)30(28)31-27(24-9-6-10-24)18-15-26-20-23(8-5-2)13-17-29(26)31/h11-20,24H,6,9-10H2,1-3H3. The van der Waals surface area contributed by atoms with Crippen LogP contribution in [-0.2, 0) is 0 Å². The van der Waals surface area contributed by atoms with Gasteiger partial charge in [0.15, 0.2) is 0 Å². The summed E-state index contributed by atoms with van der Waals surface area (Å²) in [6, 6.07) is 22.5. The molecule has 1 aliphatic carbocycles. The van der Waals surface area contributed by atoms with E-state index in [0.29, 0.717) is 5.92 Å². The molecule has 31 heavy (non-hydrogen) atoms. The molecule has 0 nitrogen and oxygen atoms in total. The van der Waals surface area contributed by atoms with Crippen LogP contribution < -0.4 is 0 Å². The average molecular weight is 399 g/mol. The fourth-order valence-corrected chi connectivity index (χ4v) is 4.90. The molecule has 0 radical (unpaired) electrons. The van der Waals surface area contributed by atoms with Crippen LogP contribution in [0.25, 0.3) is 32.7 Å². The van der Waals surface area contributed by atoms with Gasteiger partial charge in [0.05, 0.1) is 0 Å². The molecule has 0 aliphatic heterocycles. The molecule has 4 aromatic carbocycles. The van der Waals surface area contributed by atoms with E-state index >= 15 is 0 Å². The van der Waals surface area contributed by atoms with Crippen LogP contribution in [0.1, 0.15) is 61.3 Å². The van der Waals surface area contributed by atoms with Gasteiger partial charge in [-0.1, -0.05) is 54.7 Å². The van der Waals surface area contributed by atoms with Crippen LogP contribution in [0.5, 0.6) is 0 Å². The Morgan fingerprint density at radius 3 is 1.81 bits per heavy atom. The molecule has 150 valence electrons. The summed E-state index contributed by atoms with van der Waals surface area (Å²) in [6.07, 6.45) is 3.91. The van der Waals surface area contributed by atoms with Crippen LogP contribution in [0, 0.1) is 30.6 Å². The van der Waals surface area contributed by atoms with Crippen molar-refractivity contribution in [1.82, 2.24) is 0 Å². The van der Waals surface area contributed by atoms with E-state index in [4.69, 9.17) is 0 Å². The zero-order valence-electron chi connectivity index (χ0n) is 18.5. The Kier molecular flexibility index (Phi) is 5.02. The molecule has 0 heteroatoms. The van der Waals surface area contributed by atoms with Gasteiger partial charge >= 0.3 is 0 Å². The topological polar surface area (TPSA) is 0 Å². The highest BCUT2D eigenvalue weighted by molar-refractivity contribution is 6.08. The van der Waals surface area contributed by atoms with Crippen molar-refractivity contribution in [3.05, 3.63) is 82.9 Å². The molecule has 5 rings (SSSR count). The third-order valence-corrected chi connectivity index (χ3v) is 6.61. The monoisotopic (exact) mass is 398 g/mol. The number of hydrogen-bond acceptors (Lipinski definition) is 0. The predicted molar refractivity (Wildman–Crippen MR) is 133 cm³/mol. The number of benzene rings is 4. The van der Waals surface area contributed by atoms with Gasteiger partial charge in [-0.2, -0.15) is 0 Å². The lowest BCUT2D eigenvalue weighted by Crippen LogP contribution is -2.10. The lowest BCUT2D eigenvalue weighted by atomic mass is 9.75. The minimum Gasteiger partial charge on any atom is -0.101 e. The number of hydrogen-bond donors (Lipinski definition) is 0. The smallest absolute Gasteiger partial charge is 0.0251 e. The van der Waals surface area contributed by atoms with Gasteiger partial charge < -0.3 is 0 Å². The van der Waals surface area contributed by atoms with Gasteiger partial charge in [-0.25, -0.2) is 0 Å². The first kappa shape index (κ1) is 19.5. The molecule has 1 saturated carbocycles. The molecule has 0 bridgehead atoms. The molecule has 4 aromatic rings. The Morgan fingerprint density at radius 1 is 0.677 bits per heavy atom. The molecule has 0 heterocycles. The van der Waals surface area contributed by atoms with Gasteiger partial charge in [0.1, 0.15) is 0 Å². The fraction of sp³-hybridized carbons (Fsp3) is 0.226. The fourth-order valence-electron chi connectivity index (χ4n) is 4.90. The second-order valence-corrected chi connectivity index (χ2v) is 8.54. The Hall–Kier alpha value is -3.48. The van der Waals surface area contributed by atoms with Crippen LogP contribution in [-0.4, -0.2) is 0 Å². The maximum Gasteiger partial charge on any atom is 0.0251 e. The van der Waals surface area contributed by atoms with Crippen molar-refractivity contribution in [2.24, 2.45) is 0 Å². The minimum absolute atomic E-state index is 0.661. The summed E-state index contributed by atoms with van der Waals surface area (Å²) in [5.41, 5.74) is 7.76. The van der Waals surface area contributed by atoms with Crippen molar-refractivity contribution in [3.8, 4) is 34.8 Å². The van der Waals surface area contributed by atoms with Crippen molar-refractivity contribution < 1.29 is 0 Å². The van der Waals surface area contributed by atoms with E-state index in [1.54, 1.807) is 0 Å². The highest BCUT2D eigenvalue weighted by Crippen LogP contribution is 2.46. The number of aryl methyl sites for hydroxylation is 1. The molecule has 1 aliphatic rings. The molecular formula is C31H26. The third-order valence-electron chi connectivity index (χ3n) is 6.61. The molecule has 0 aromatic heterocycles. The third kappa shape index (κ3) is 3.40. The molecule has 0 saturated heterocycles. The van der Waals surface area contributed by atoms with E-state index in [2.05, 4.69) is 91.3 Å². The number of rotatable bonds is 2. The van der Waals surface area contributed by atoms with E-state index in [1.807, 2.05) is 13.8 Å². The van der Waals surface area contributed by atoms with E-state index in [-0.39, 0.29) is 0 Å². The number of fused-ring (bicyclic) bond motifs is 2. The second-order valence-electron chi connectivity index (χ2n) is 8.54. The first-order valence-corrected chi connectivity index (χ1v) is 11.2. The van der Waals surface area contributed by atoms with Crippen molar-refractivity contribution in [3.63, 3.8) is 0 Å². The molecular weight excluding hydrogens is 372 g/mol. The summed E-state index contributed by atoms with van der Waals surface area (Å²) in [5, 5.41) is 5.17. The summed E-state index contributed by atoms with van der Waals surface area (Å²) in [5.74, 6) is 13.1. The van der Waals surface area contributed by atoms with Gasteiger partial charge in [0.2, 0.25) is 0 Å². The molecule has 0 amide bonds. The first-order valence-electron chi connectivity index (χ1n) is 11.2. The zero-order chi connectivity index (χ0) is 21.4. The maximum atomic E-state index is 3.21. The Balaban J connectivity index is 1.85. The SMILES string of the molecule is CC#Cc1ccc2c(-c3c(C4CCC4)ccc4cc(C#CC)ccc34)c(C)ccc2c1. The van der Waals surface area contributed by atoms with Crippen molar-refractivity contribution in [1.29, 1.82) is 0 Å². The van der Waals surface area contributed by atoms with E-state index < -0.39 is 0 Å². The molecule has 0 spiro atoms. The quantitative estimate of drug-likeness (QED) is 0.300. The summed E-state index contributed by atoms with van der Waals surface area (Å²) in [4.78, 5) is 0. The van der Waals surface area contributed by atoms with Crippen LogP contribution >= 0.6 is 0 Å². The Labute approximate surface area is 185 Å². The average Bonchev–Trinajstić information content (AvgIpc) is 2.73. The Bertz CT molecular complexity index is 1440. The summed E-state index contributed by atoms with van der Waals surface area (Å²) in [7, 11) is 0. The van der Waals surface area contributed by atoms with Crippen molar-refractivity contribution >= 4 is 21.5 Å². The van der Waals surface area contributed by atoms with E-state index in [1.165, 1.54) is 63.1 Å². The maximum absolute atomic E-state index is 3.21. The van der Waals surface area contributed by atoms with Gasteiger partial charge in [0.25, 0.3) is 0 Å². The van der Waals surface area contributed by atoms with Crippen LogP contribution in [0.4, 0.5) is 0 Å². The molecule has 0 atom stereocenters. The van der Waals surface area contributed by atoms with Crippen LogP contribution in [0.2, 0.25) is 0 Å². The molecule has 0 N–H and O–H groups in total. The Morgan fingerprint density at radius 2 is 1.26 bits per heavy atom. The van der Waals surface area contributed by atoms with Crippen LogP contribution in [0.3, 0.4) is 0 Å².